The van der Waals surface area contributed by atoms with Crippen LogP contribution >= 0.6 is 23.1 Å². The van der Waals surface area contributed by atoms with Gasteiger partial charge in [0.15, 0.2) is 5.82 Å². The zero-order valence-electron chi connectivity index (χ0n) is 35.7. The van der Waals surface area contributed by atoms with E-state index in [1.807, 2.05) is 86.0 Å². The number of ether oxygens (including phenoxy) is 3. The smallest absolute Gasteiger partial charge is 0.345 e. The minimum Gasteiger partial charge on any atom is -0.491 e. The summed E-state index contributed by atoms with van der Waals surface area (Å²) in [7, 11) is 4.12. The molecule has 5 heterocycles. The summed E-state index contributed by atoms with van der Waals surface area (Å²) in [5.74, 6) is 1.16. The molecule has 2 atom stereocenters. The van der Waals surface area contributed by atoms with E-state index in [9.17, 15) is 9.90 Å². The fourth-order valence-corrected chi connectivity index (χ4v) is 9.26. The second-order valence-electron chi connectivity index (χ2n) is 16.5. The first-order valence-corrected chi connectivity index (χ1v) is 22.6. The predicted octanol–water partition coefficient (Wildman–Crippen LogP) is 8.33. The number of fused-ring (bicyclic) bond motifs is 1. The normalized spacial score (nSPS) is 17.5. The number of carbonyl (C=O) groups is 1. The molecule has 3 aromatic carbocycles. The Labute approximate surface area is 376 Å². The molecule has 0 bridgehead atoms. The van der Waals surface area contributed by atoms with Gasteiger partial charge in [-0.05, 0) is 90.9 Å². The van der Waals surface area contributed by atoms with Crippen LogP contribution in [-0.4, -0.2) is 105 Å². The molecule has 9 rings (SSSR count). The Morgan fingerprint density at radius 2 is 1.84 bits per heavy atom. The van der Waals surface area contributed by atoms with Gasteiger partial charge in [-0.2, -0.15) is 4.37 Å². The molecule has 326 valence electrons. The molecule has 0 radical (unpaired) electrons. The number of nitrogens with one attached hydrogen (secondary N) is 1. The first kappa shape index (κ1) is 42.7. The van der Waals surface area contributed by atoms with Gasteiger partial charge in [0.2, 0.25) is 12.0 Å². The van der Waals surface area contributed by atoms with Crippen molar-refractivity contribution >= 4 is 39.2 Å². The van der Waals surface area contributed by atoms with Crippen molar-refractivity contribution in [2.75, 3.05) is 53.4 Å². The summed E-state index contributed by atoms with van der Waals surface area (Å²) >= 11 is 8.33. The first-order chi connectivity index (χ1) is 30.7. The maximum absolute atomic E-state index is 13.0. The molecule has 15 heteroatoms. The van der Waals surface area contributed by atoms with Crippen LogP contribution in [0.4, 0.5) is 0 Å². The van der Waals surface area contributed by atoms with Crippen LogP contribution in [0.2, 0.25) is 5.02 Å². The Bertz CT molecular complexity index is 2630. The number of likely N-dealkylation sites (N-methyl/N-ethyl adjacent to an activating group) is 1. The van der Waals surface area contributed by atoms with E-state index < -0.39 is 12.1 Å². The SMILES string of the molecule is Cc1c(-c2c(C3CCC3)ncc3snc(OC(Cc4ccccc4OCc4ccnc(-c5cccc(C6C=CN(C)N6)c5)n4)C(=O)O)c23)ccc(OCCN2CCN(C)CC2)c1Cl. The van der Waals surface area contributed by atoms with Gasteiger partial charge in [0.25, 0.3) is 0 Å². The zero-order chi connectivity index (χ0) is 43.5. The number of aliphatic carboxylic acids is 1. The van der Waals surface area contributed by atoms with Crippen molar-refractivity contribution in [1.82, 2.24) is 39.6 Å². The standard InChI is InChI=1S/C48H51ClN8O5S/c1-30-36(14-15-39(44(30)49)60-25-24-57-22-20-55(2)21-23-57)42-43-41(28-51-45(42)31-9-6-10-31)63-54-47(43)62-40(48(58)59)27-33-8-4-5-13-38(33)61-29-35-16-18-50-46(52-35)34-12-7-11-32(26-34)37-17-19-56(3)53-37/h4-5,7-8,11-19,26,28,31,37,40,53H,6,9-10,20-25,27,29H2,1-3H3,(H,58,59). The lowest BCUT2D eigenvalue weighted by Crippen LogP contribution is -2.45. The van der Waals surface area contributed by atoms with Crippen LogP contribution in [0, 0.1) is 6.92 Å². The molecule has 2 N–H and O–H groups in total. The van der Waals surface area contributed by atoms with Gasteiger partial charge in [0, 0.05) is 81.8 Å². The number of hydrazine groups is 1. The van der Waals surface area contributed by atoms with Crippen LogP contribution in [0.5, 0.6) is 17.4 Å². The van der Waals surface area contributed by atoms with Gasteiger partial charge < -0.3 is 29.2 Å². The zero-order valence-corrected chi connectivity index (χ0v) is 37.2. The number of carboxylic acid groups (broad SMARTS) is 1. The van der Waals surface area contributed by atoms with E-state index in [1.165, 1.54) is 11.5 Å². The fourth-order valence-electron chi connectivity index (χ4n) is 8.34. The van der Waals surface area contributed by atoms with Crippen LogP contribution in [-0.2, 0) is 17.8 Å². The highest BCUT2D eigenvalue weighted by molar-refractivity contribution is 7.13. The molecule has 2 aliphatic heterocycles. The number of halogens is 1. The fraction of sp³-hybridized carbons (Fsp3) is 0.354. The molecule has 0 spiro atoms. The van der Waals surface area contributed by atoms with Crippen molar-refractivity contribution in [1.29, 1.82) is 0 Å². The average molecular weight is 888 g/mol. The highest BCUT2D eigenvalue weighted by Gasteiger charge is 2.31. The van der Waals surface area contributed by atoms with E-state index in [4.69, 9.17) is 40.2 Å². The lowest BCUT2D eigenvalue weighted by molar-refractivity contribution is -0.145. The molecule has 1 aliphatic carbocycles. The minimum absolute atomic E-state index is 0.0338. The second-order valence-corrected chi connectivity index (χ2v) is 17.7. The van der Waals surface area contributed by atoms with Crippen molar-refractivity contribution in [3.05, 3.63) is 125 Å². The van der Waals surface area contributed by atoms with Gasteiger partial charge in [-0.15, -0.1) is 0 Å². The lowest BCUT2D eigenvalue weighted by Gasteiger charge is -2.32. The van der Waals surface area contributed by atoms with E-state index in [1.54, 1.807) is 6.20 Å². The predicted molar refractivity (Wildman–Crippen MR) is 245 cm³/mol. The highest BCUT2D eigenvalue weighted by Crippen LogP contribution is 2.48. The number of nitrogens with zero attached hydrogens (tertiary/aromatic N) is 7. The molecule has 2 unspecified atom stereocenters. The minimum atomic E-state index is -1.27. The molecule has 13 nitrogen and oxygen atoms in total. The summed E-state index contributed by atoms with van der Waals surface area (Å²) in [5.41, 5.74) is 10.3. The number of piperazine rings is 1. The van der Waals surface area contributed by atoms with Crippen molar-refractivity contribution in [3.8, 4) is 39.9 Å². The van der Waals surface area contributed by atoms with E-state index in [0.29, 0.717) is 40.2 Å². The number of aromatic nitrogens is 4. The second kappa shape index (κ2) is 19.0. The van der Waals surface area contributed by atoms with E-state index in [2.05, 4.69) is 45.5 Å². The van der Waals surface area contributed by atoms with Crippen molar-refractivity contribution < 1.29 is 24.1 Å². The number of benzene rings is 3. The van der Waals surface area contributed by atoms with Gasteiger partial charge in [-0.1, -0.05) is 60.5 Å². The number of pyridine rings is 1. The molecule has 0 amide bonds. The van der Waals surface area contributed by atoms with Gasteiger partial charge in [0.05, 0.1) is 32.5 Å². The summed E-state index contributed by atoms with van der Waals surface area (Å²) in [6.45, 7) is 7.66. The van der Waals surface area contributed by atoms with Gasteiger partial charge in [-0.25, -0.2) is 20.2 Å². The molecule has 3 aliphatic rings. The molecule has 2 fully saturated rings. The summed E-state index contributed by atoms with van der Waals surface area (Å²) in [6.07, 6.45) is 9.59. The molecule has 1 saturated carbocycles. The van der Waals surface area contributed by atoms with Gasteiger partial charge in [-0.3, -0.25) is 9.88 Å². The van der Waals surface area contributed by atoms with E-state index in [0.717, 1.165) is 95.6 Å². The lowest BCUT2D eigenvalue weighted by atomic mass is 9.79. The highest BCUT2D eigenvalue weighted by atomic mass is 35.5. The number of rotatable bonds is 16. The molecule has 6 aromatic rings. The van der Waals surface area contributed by atoms with Crippen molar-refractivity contribution in [3.63, 3.8) is 0 Å². The Balaban J connectivity index is 0.940. The van der Waals surface area contributed by atoms with Crippen LogP contribution < -0.4 is 19.6 Å². The average Bonchev–Trinajstić information content (AvgIpc) is 3.91. The van der Waals surface area contributed by atoms with Crippen LogP contribution in [0.1, 0.15) is 59.3 Å². The van der Waals surface area contributed by atoms with Crippen molar-refractivity contribution in [2.45, 2.75) is 57.3 Å². The third kappa shape index (κ3) is 9.51. The Hall–Kier alpha value is -5.64. The van der Waals surface area contributed by atoms with E-state index in [-0.39, 0.29) is 30.9 Å². The number of hydrogen-bond donors (Lipinski definition) is 2. The Morgan fingerprint density at radius 3 is 2.62 bits per heavy atom. The third-order valence-electron chi connectivity index (χ3n) is 12.2. The maximum atomic E-state index is 13.0. The van der Waals surface area contributed by atoms with Crippen molar-refractivity contribution in [2.24, 2.45) is 0 Å². The summed E-state index contributed by atoms with van der Waals surface area (Å²) in [5, 5.41) is 13.8. The molecular formula is C48H51ClN8O5S. The van der Waals surface area contributed by atoms with Crippen LogP contribution in [0.15, 0.2) is 91.4 Å². The third-order valence-corrected chi connectivity index (χ3v) is 13.5. The molecule has 63 heavy (non-hydrogen) atoms. The number of para-hydroxylation sites is 1. The molecule has 3 aromatic heterocycles. The Kier molecular flexibility index (Phi) is 12.9. The van der Waals surface area contributed by atoms with Gasteiger partial charge in [0.1, 0.15) is 24.7 Å². The largest absolute Gasteiger partial charge is 0.491 e. The first-order valence-electron chi connectivity index (χ1n) is 21.5. The summed E-state index contributed by atoms with van der Waals surface area (Å²) in [6, 6.07) is 21.4. The van der Waals surface area contributed by atoms with E-state index >= 15 is 0 Å². The monoisotopic (exact) mass is 886 g/mol. The van der Waals surface area contributed by atoms with Crippen LogP contribution in [0.25, 0.3) is 32.6 Å². The maximum Gasteiger partial charge on any atom is 0.345 e. The quantitative estimate of drug-likeness (QED) is 0.0965. The summed E-state index contributed by atoms with van der Waals surface area (Å²) < 4.78 is 24.5. The number of hydrogen-bond acceptors (Lipinski definition) is 13. The summed E-state index contributed by atoms with van der Waals surface area (Å²) in [4.78, 5) is 32.1. The van der Waals surface area contributed by atoms with Gasteiger partial charge >= 0.3 is 5.97 Å². The molecule has 1 saturated heterocycles. The molecular weight excluding hydrogens is 836 g/mol. The number of carboxylic acids is 1. The Morgan fingerprint density at radius 1 is 1.00 bits per heavy atom. The van der Waals surface area contributed by atoms with Crippen LogP contribution in [0.3, 0.4) is 0 Å². The topological polar surface area (TPSA) is 138 Å².